The molecule has 0 bridgehead atoms. The lowest BCUT2D eigenvalue weighted by molar-refractivity contribution is 0.522. The van der Waals surface area contributed by atoms with Crippen LogP contribution in [0.2, 0.25) is 0 Å². The first-order valence-corrected chi connectivity index (χ1v) is 4.93. The summed E-state index contributed by atoms with van der Waals surface area (Å²) in [5, 5.41) is 0. The highest BCUT2D eigenvalue weighted by Crippen LogP contribution is 2.16. The highest BCUT2D eigenvalue weighted by molar-refractivity contribution is 5.38. The van der Waals surface area contributed by atoms with Crippen LogP contribution in [-0.4, -0.2) is 4.98 Å². The Morgan fingerprint density at radius 1 is 1.54 bits per heavy atom. The molecule has 2 heteroatoms. The maximum atomic E-state index is 5.75. The van der Waals surface area contributed by atoms with E-state index in [-0.39, 0.29) is 0 Å². The lowest BCUT2D eigenvalue weighted by atomic mass is 9.97. The largest absolute Gasteiger partial charge is 0.383 e. The monoisotopic (exact) mass is 178 g/mol. The van der Waals surface area contributed by atoms with E-state index in [0.717, 1.165) is 6.42 Å². The maximum Gasteiger partial charge on any atom is 0.126 e. The van der Waals surface area contributed by atoms with Gasteiger partial charge in [-0.15, -0.1) is 0 Å². The van der Waals surface area contributed by atoms with E-state index in [4.69, 9.17) is 5.73 Å². The van der Waals surface area contributed by atoms with Crippen molar-refractivity contribution in [2.75, 3.05) is 5.73 Å². The molecule has 0 amide bonds. The van der Waals surface area contributed by atoms with E-state index in [2.05, 4.69) is 24.9 Å². The predicted molar refractivity (Wildman–Crippen MR) is 56.4 cm³/mol. The summed E-state index contributed by atoms with van der Waals surface area (Å²) >= 11 is 0. The Bertz CT molecular complexity index is 258. The van der Waals surface area contributed by atoms with Gasteiger partial charge in [0.25, 0.3) is 0 Å². The summed E-state index contributed by atoms with van der Waals surface area (Å²) in [5.74, 6) is 1.39. The third kappa shape index (κ3) is 3.05. The van der Waals surface area contributed by atoms with Crippen LogP contribution in [0.5, 0.6) is 0 Å². The number of anilines is 1. The molecule has 0 aliphatic heterocycles. The highest BCUT2D eigenvalue weighted by Gasteiger charge is 2.05. The molecule has 2 nitrogen and oxygen atoms in total. The maximum absolute atomic E-state index is 5.75. The Kier molecular flexibility index (Phi) is 3.74. The molecule has 0 fully saturated rings. The smallest absolute Gasteiger partial charge is 0.126 e. The van der Waals surface area contributed by atoms with Gasteiger partial charge in [0.05, 0.1) is 0 Å². The second-order valence-corrected chi connectivity index (χ2v) is 3.65. The first kappa shape index (κ1) is 10.0. The average Bonchev–Trinajstić information content (AvgIpc) is 2.09. The third-order valence-corrected chi connectivity index (χ3v) is 2.28. The third-order valence-electron chi connectivity index (χ3n) is 2.28. The number of aromatic nitrogens is 1. The van der Waals surface area contributed by atoms with E-state index in [1.165, 1.54) is 18.4 Å². The number of rotatable bonds is 4. The molecule has 1 rings (SSSR count). The Morgan fingerprint density at radius 3 is 2.92 bits per heavy atom. The standard InChI is InChI=1S/C11H18N2/c1-3-5-9(2)8-10-6-4-7-13-11(10)12/h4,6-7,9H,3,5,8H2,1-2H3,(H2,12,13). The van der Waals surface area contributed by atoms with Gasteiger partial charge in [0, 0.05) is 6.20 Å². The zero-order valence-electron chi connectivity index (χ0n) is 8.46. The lowest BCUT2D eigenvalue weighted by Gasteiger charge is -2.10. The van der Waals surface area contributed by atoms with Gasteiger partial charge in [0.15, 0.2) is 0 Å². The minimum absolute atomic E-state index is 0.686. The van der Waals surface area contributed by atoms with Crippen molar-refractivity contribution in [2.45, 2.75) is 33.1 Å². The summed E-state index contributed by atoms with van der Waals surface area (Å²) in [4.78, 5) is 4.07. The molecular formula is C11H18N2. The molecule has 2 N–H and O–H groups in total. The molecule has 0 aliphatic carbocycles. The van der Waals surface area contributed by atoms with Crippen molar-refractivity contribution in [3.63, 3.8) is 0 Å². The van der Waals surface area contributed by atoms with Crippen LogP contribution in [0.25, 0.3) is 0 Å². The first-order chi connectivity index (χ1) is 6.24. The fourth-order valence-electron chi connectivity index (χ4n) is 1.59. The summed E-state index contributed by atoms with van der Waals surface area (Å²) in [7, 11) is 0. The van der Waals surface area contributed by atoms with E-state index in [0.29, 0.717) is 11.7 Å². The van der Waals surface area contributed by atoms with Crippen molar-refractivity contribution in [3.05, 3.63) is 23.9 Å². The lowest BCUT2D eigenvalue weighted by Crippen LogP contribution is -2.03. The Labute approximate surface area is 80.2 Å². The van der Waals surface area contributed by atoms with Crippen molar-refractivity contribution < 1.29 is 0 Å². The van der Waals surface area contributed by atoms with Crippen molar-refractivity contribution in [3.8, 4) is 0 Å². The molecular weight excluding hydrogens is 160 g/mol. The van der Waals surface area contributed by atoms with Crippen LogP contribution >= 0.6 is 0 Å². The first-order valence-electron chi connectivity index (χ1n) is 4.93. The minimum atomic E-state index is 0.686. The van der Waals surface area contributed by atoms with Gasteiger partial charge in [0.1, 0.15) is 5.82 Å². The number of pyridine rings is 1. The van der Waals surface area contributed by atoms with Crippen molar-refractivity contribution in [1.82, 2.24) is 4.98 Å². The van der Waals surface area contributed by atoms with Crippen LogP contribution in [0, 0.1) is 5.92 Å². The molecule has 72 valence electrons. The van der Waals surface area contributed by atoms with Crippen LogP contribution in [-0.2, 0) is 6.42 Å². The van der Waals surface area contributed by atoms with Gasteiger partial charge < -0.3 is 5.73 Å². The van der Waals surface area contributed by atoms with Gasteiger partial charge in [0.2, 0.25) is 0 Å². The molecule has 0 saturated carbocycles. The molecule has 1 atom stereocenters. The van der Waals surface area contributed by atoms with Gasteiger partial charge in [-0.1, -0.05) is 32.8 Å². The van der Waals surface area contributed by atoms with Crippen LogP contribution in [0.15, 0.2) is 18.3 Å². The summed E-state index contributed by atoms with van der Waals surface area (Å²) in [5.41, 5.74) is 6.94. The van der Waals surface area contributed by atoms with E-state index >= 15 is 0 Å². The zero-order chi connectivity index (χ0) is 9.68. The molecule has 1 aromatic heterocycles. The van der Waals surface area contributed by atoms with Crippen molar-refractivity contribution >= 4 is 5.82 Å². The second-order valence-electron chi connectivity index (χ2n) is 3.65. The fourth-order valence-corrected chi connectivity index (χ4v) is 1.59. The SMILES string of the molecule is CCCC(C)Cc1cccnc1N. The molecule has 0 aliphatic rings. The zero-order valence-corrected chi connectivity index (χ0v) is 8.46. The van der Waals surface area contributed by atoms with E-state index in [9.17, 15) is 0 Å². The number of nitrogen functional groups attached to an aromatic ring is 1. The number of nitrogens with zero attached hydrogens (tertiary/aromatic N) is 1. The number of hydrogen-bond donors (Lipinski definition) is 1. The van der Waals surface area contributed by atoms with Gasteiger partial charge in [-0.2, -0.15) is 0 Å². The summed E-state index contributed by atoms with van der Waals surface area (Å²) in [6, 6.07) is 4.01. The fraction of sp³-hybridized carbons (Fsp3) is 0.545. The average molecular weight is 178 g/mol. The van der Waals surface area contributed by atoms with E-state index in [1.54, 1.807) is 6.20 Å². The molecule has 13 heavy (non-hydrogen) atoms. The molecule has 0 aromatic carbocycles. The van der Waals surface area contributed by atoms with E-state index in [1.807, 2.05) is 6.07 Å². The molecule has 0 saturated heterocycles. The summed E-state index contributed by atoms with van der Waals surface area (Å²) in [6.07, 6.45) is 5.28. The predicted octanol–water partition coefficient (Wildman–Crippen LogP) is 2.64. The molecule has 1 heterocycles. The van der Waals surface area contributed by atoms with Crippen LogP contribution in [0.3, 0.4) is 0 Å². The van der Waals surface area contributed by atoms with E-state index < -0.39 is 0 Å². The van der Waals surface area contributed by atoms with Crippen LogP contribution in [0.1, 0.15) is 32.3 Å². The summed E-state index contributed by atoms with van der Waals surface area (Å²) in [6.45, 7) is 4.47. The van der Waals surface area contributed by atoms with Gasteiger partial charge in [-0.05, 0) is 24.0 Å². The van der Waals surface area contributed by atoms with Crippen LogP contribution in [0.4, 0.5) is 5.82 Å². The van der Waals surface area contributed by atoms with Gasteiger partial charge in [-0.25, -0.2) is 4.98 Å². The minimum Gasteiger partial charge on any atom is -0.383 e. The topological polar surface area (TPSA) is 38.9 Å². The number of nitrogens with two attached hydrogens (primary N) is 1. The van der Waals surface area contributed by atoms with Gasteiger partial charge >= 0.3 is 0 Å². The van der Waals surface area contributed by atoms with Crippen molar-refractivity contribution in [1.29, 1.82) is 0 Å². The molecule has 1 aromatic rings. The van der Waals surface area contributed by atoms with Crippen molar-refractivity contribution in [2.24, 2.45) is 5.92 Å². The highest BCUT2D eigenvalue weighted by atomic mass is 14.8. The Hall–Kier alpha value is -1.05. The van der Waals surface area contributed by atoms with Gasteiger partial charge in [-0.3, -0.25) is 0 Å². The Morgan fingerprint density at radius 2 is 2.31 bits per heavy atom. The Balaban J connectivity index is 2.58. The molecule has 0 spiro atoms. The normalized spacial score (nSPS) is 12.8. The molecule has 0 radical (unpaired) electrons. The second kappa shape index (κ2) is 4.85. The van der Waals surface area contributed by atoms with Crippen LogP contribution < -0.4 is 5.73 Å². The summed E-state index contributed by atoms with van der Waals surface area (Å²) < 4.78 is 0. The molecule has 1 unspecified atom stereocenters. The number of hydrogen-bond acceptors (Lipinski definition) is 2. The quantitative estimate of drug-likeness (QED) is 0.769.